The second kappa shape index (κ2) is 4.29. The first-order chi connectivity index (χ1) is 7.28. The molecule has 0 spiro atoms. The van der Waals surface area contributed by atoms with Crippen LogP contribution < -0.4 is 5.73 Å². The Kier molecular flexibility index (Phi) is 3.42. The summed E-state index contributed by atoms with van der Waals surface area (Å²) in [6, 6.07) is 4.85. The van der Waals surface area contributed by atoms with E-state index in [-0.39, 0.29) is 11.3 Å². The Morgan fingerprint density at radius 1 is 1.06 bits per heavy atom. The van der Waals surface area contributed by atoms with E-state index in [1.165, 1.54) is 24.3 Å². The smallest absolute Gasteiger partial charge is 0.424 e. The summed E-state index contributed by atoms with van der Waals surface area (Å²) in [6.45, 7) is -1.13. The third-order valence-electron chi connectivity index (χ3n) is 2.25. The number of benzene rings is 1. The second-order valence-electron chi connectivity index (χ2n) is 3.51. The molecule has 0 saturated carbocycles. The summed E-state index contributed by atoms with van der Waals surface area (Å²) in [5, 5.41) is 8.93. The van der Waals surface area contributed by atoms with Crippen LogP contribution in [0.4, 0.5) is 17.6 Å². The first-order valence-electron chi connectivity index (χ1n) is 4.52. The van der Waals surface area contributed by atoms with Crippen LogP contribution in [-0.2, 0) is 6.42 Å². The molecule has 1 rings (SSSR count). The zero-order chi connectivity index (χ0) is 12.4. The maximum absolute atomic E-state index is 13.5. The summed E-state index contributed by atoms with van der Waals surface area (Å²) in [7, 11) is 0. The van der Waals surface area contributed by atoms with Crippen molar-refractivity contribution in [2.24, 2.45) is 5.73 Å². The first kappa shape index (κ1) is 12.8. The SMILES string of the molecule is NCC(F)(Cc1ccc(O)cc1)C(F)(F)F. The van der Waals surface area contributed by atoms with Gasteiger partial charge in [-0.25, -0.2) is 4.39 Å². The van der Waals surface area contributed by atoms with E-state index in [2.05, 4.69) is 0 Å². The van der Waals surface area contributed by atoms with Gasteiger partial charge >= 0.3 is 6.18 Å². The minimum Gasteiger partial charge on any atom is -0.508 e. The van der Waals surface area contributed by atoms with E-state index in [9.17, 15) is 17.6 Å². The highest BCUT2D eigenvalue weighted by molar-refractivity contribution is 5.27. The van der Waals surface area contributed by atoms with Gasteiger partial charge in [-0.2, -0.15) is 13.2 Å². The Labute approximate surface area is 89.7 Å². The van der Waals surface area contributed by atoms with Gasteiger partial charge in [-0.1, -0.05) is 12.1 Å². The lowest BCUT2D eigenvalue weighted by Gasteiger charge is -2.26. The maximum Gasteiger partial charge on any atom is 0.424 e. The topological polar surface area (TPSA) is 46.2 Å². The number of alkyl halides is 4. The van der Waals surface area contributed by atoms with Crippen LogP contribution in [0.25, 0.3) is 0 Å². The average Bonchev–Trinajstić information content (AvgIpc) is 2.19. The summed E-state index contributed by atoms with van der Waals surface area (Å²) in [6.07, 6.45) is -5.85. The van der Waals surface area contributed by atoms with Crippen LogP contribution in [0.3, 0.4) is 0 Å². The minimum absolute atomic E-state index is 0.0898. The fourth-order valence-corrected chi connectivity index (χ4v) is 1.23. The lowest BCUT2D eigenvalue weighted by molar-refractivity contribution is -0.226. The second-order valence-corrected chi connectivity index (χ2v) is 3.51. The molecule has 0 aromatic heterocycles. The molecule has 1 aromatic carbocycles. The molecule has 0 aliphatic carbocycles. The molecule has 0 fully saturated rings. The Balaban J connectivity index is 2.89. The van der Waals surface area contributed by atoms with Crippen molar-refractivity contribution in [3.8, 4) is 5.75 Å². The fourth-order valence-electron chi connectivity index (χ4n) is 1.23. The summed E-state index contributed by atoms with van der Waals surface area (Å²) < 4.78 is 50.6. The summed E-state index contributed by atoms with van der Waals surface area (Å²) >= 11 is 0. The molecule has 1 aromatic rings. The zero-order valence-corrected chi connectivity index (χ0v) is 8.26. The van der Waals surface area contributed by atoms with E-state index < -0.39 is 24.8 Å². The van der Waals surface area contributed by atoms with E-state index in [0.29, 0.717) is 0 Å². The van der Waals surface area contributed by atoms with Crippen LogP contribution in [0, 0.1) is 0 Å². The monoisotopic (exact) mass is 237 g/mol. The summed E-state index contributed by atoms with van der Waals surface area (Å²) in [5.41, 5.74) is 1.53. The molecular weight excluding hydrogens is 226 g/mol. The van der Waals surface area contributed by atoms with Crippen molar-refractivity contribution < 1.29 is 22.7 Å². The molecule has 0 heterocycles. The Morgan fingerprint density at radius 2 is 1.56 bits per heavy atom. The van der Waals surface area contributed by atoms with Crippen molar-refractivity contribution in [1.29, 1.82) is 0 Å². The average molecular weight is 237 g/mol. The van der Waals surface area contributed by atoms with Crippen LogP contribution in [0.15, 0.2) is 24.3 Å². The van der Waals surface area contributed by atoms with E-state index >= 15 is 0 Å². The number of hydrogen-bond acceptors (Lipinski definition) is 2. The molecule has 0 aliphatic rings. The van der Waals surface area contributed by atoms with Crippen LogP contribution in [0.2, 0.25) is 0 Å². The van der Waals surface area contributed by atoms with Crippen molar-refractivity contribution >= 4 is 0 Å². The molecule has 90 valence electrons. The predicted molar refractivity (Wildman–Crippen MR) is 50.8 cm³/mol. The molecular formula is C10H11F4NO. The van der Waals surface area contributed by atoms with E-state index in [1.54, 1.807) is 0 Å². The highest BCUT2D eigenvalue weighted by Gasteiger charge is 2.54. The predicted octanol–water partition coefficient (Wildman–Crippen LogP) is 2.16. The van der Waals surface area contributed by atoms with Gasteiger partial charge in [-0.15, -0.1) is 0 Å². The molecule has 0 bridgehead atoms. The van der Waals surface area contributed by atoms with Gasteiger partial charge < -0.3 is 10.8 Å². The van der Waals surface area contributed by atoms with Crippen LogP contribution in [0.5, 0.6) is 5.75 Å². The number of aromatic hydroxyl groups is 1. The van der Waals surface area contributed by atoms with Gasteiger partial charge in [0.05, 0.1) is 0 Å². The Morgan fingerprint density at radius 3 is 1.94 bits per heavy atom. The molecule has 2 nitrogen and oxygen atoms in total. The molecule has 1 unspecified atom stereocenters. The summed E-state index contributed by atoms with van der Waals surface area (Å²) in [5.74, 6) is -0.0898. The highest BCUT2D eigenvalue weighted by atomic mass is 19.4. The number of halogens is 4. The standard InChI is InChI=1S/C10H11F4NO/c11-9(6-15,10(12,13)14)5-7-1-3-8(16)4-2-7/h1-4,16H,5-6,15H2. The summed E-state index contributed by atoms with van der Waals surface area (Å²) in [4.78, 5) is 0. The molecule has 0 radical (unpaired) electrons. The van der Waals surface area contributed by atoms with Gasteiger partial charge in [0.1, 0.15) is 5.75 Å². The van der Waals surface area contributed by atoms with E-state index in [4.69, 9.17) is 10.8 Å². The van der Waals surface area contributed by atoms with Crippen molar-refractivity contribution in [2.45, 2.75) is 18.3 Å². The van der Waals surface area contributed by atoms with Crippen LogP contribution in [0.1, 0.15) is 5.56 Å². The quantitative estimate of drug-likeness (QED) is 0.791. The van der Waals surface area contributed by atoms with E-state index in [0.717, 1.165) is 0 Å². The van der Waals surface area contributed by atoms with Crippen molar-refractivity contribution in [3.05, 3.63) is 29.8 Å². The molecule has 0 saturated heterocycles. The number of nitrogens with two attached hydrogens (primary N) is 1. The largest absolute Gasteiger partial charge is 0.508 e. The van der Waals surface area contributed by atoms with Gasteiger partial charge in [0, 0.05) is 13.0 Å². The number of phenols is 1. The van der Waals surface area contributed by atoms with Crippen molar-refractivity contribution in [3.63, 3.8) is 0 Å². The van der Waals surface area contributed by atoms with E-state index in [1.807, 2.05) is 0 Å². The van der Waals surface area contributed by atoms with Gasteiger partial charge in [0.15, 0.2) is 0 Å². The van der Waals surface area contributed by atoms with Gasteiger partial charge in [-0.3, -0.25) is 0 Å². The fraction of sp³-hybridized carbons (Fsp3) is 0.400. The first-order valence-corrected chi connectivity index (χ1v) is 4.52. The number of hydrogen-bond donors (Lipinski definition) is 2. The zero-order valence-electron chi connectivity index (χ0n) is 8.26. The number of rotatable bonds is 3. The third kappa shape index (κ3) is 2.63. The Hall–Kier alpha value is -1.30. The highest BCUT2D eigenvalue weighted by Crippen LogP contribution is 2.36. The van der Waals surface area contributed by atoms with Crippen LogP contribution in [-0.4, -0.2) is 23.5 Å². The maximum atomic E-state index is 13.5. The Bertz CT molecular complexity index is 349. The minimum atomic E-state index is -5.00. The normalized spacial score (nSPS) is 15.8. The molecule has 0 amide bonds. The van der Waals surface area contributed by atoms with Gasteiger partial charge in [0.25, 0.3) is 0 Å². The van der Waals surface area contributed by atoms with Crippen molar-refractivity contribution in [2.75, 3.05) is 6.54 Å². The van der Waals surface area contributed by atoms with Crippen LogP contribution >= 0.6 is 0 Å². The molecule has 0 aliphatic heterocycles. The third-order valence-corrected chi connectivity index (χ3v) is 2.25. The lowest BCUT2D eigenvalue weighted by Crippen LogP contribution is -2.49. The van der Waals surface area contributed by atoms with Gasteiger partial charge in [-0.05, 0) is 17.7 Å². The number of phenolic OH excluding ortho intramolecular Hbond substituents is 1. The lowest BCUT2D eigenvalue weighted by atomic mass is 9.96. The molecule has 6 heteroatoms. The van der Waals surface area contributed by atoms with Gasteiger partial charge in [0.2, 0.25) is 5.67 Å². The molecule has 3 N–H and O–H groups in total. The molecule has 1 atom stereocenters. The molecule has 16 heavy (non-hydrogen) atoms. The van der Waals surface area contributed by atoms with Crippen molar-refractivity contribution in [1.82, 2.24) is 0 Å².